The average Bonchev–Trinajstić information content (AvgIpc) is 2.55. The number of fused-ring (bicyclic) bond motifs is 1. The molecule has 1 aliphatic heterocycles. The van der Waals surface area contributed by atoms with Gasteiger partial charge in [-0.25, -0.2) is 0 Å². The Morgan fingerprint density at radius 1 is 1.23 bits per heavy atom. The van der Waals surface area contributed by atoms with Crippen LogP contribution in [0.1, 0.15) is 17.3 Å². The van der Waals surface area contributed by atoms with Gasteiger partial charge in [-0.1, -0.05) is 18.2 Å². The van der Waals surface area contributed by atoms with E-state index in [9.17, 15) is 9.59 Å². The summed E-state index contributed by atoms with van der Waals surface area (Å²) in [5.74, 6) is 0.324. The number of thioether (sulfide) groups is 1. The molecule has 2 aromatic rings. The maximum atomic E-state index is 12.8. The molecule has 0 aliphatic carbocycles. The molecule has 0 saturated carbocycles. The van der Waals surface area contributed by atoms with Crippen LogP contribution >= 0.6 is 11.8 Å². The first kappa shape index (κ1) is 14.7. The third kappa shape index (κ3) is 2.85. The molecule has 22 heavy (non-hydrogen) atoms. The van der Waals surface area contributed by atoms with E-state index in [1.165, 1.54) is 11.8 Å². The van der Waals surface area contributed by atoms with E-state index < -0.39 is 0 Å². The second-order valence-electron chi connectivity index (χ2n) is 4.93. The Morgan fingerprint density at radius 2 is 2.00 bits per heavy atom. The van der Waals surface area contributed by atoms with E-state index in [0.717, 1.165) is 16.3 Å². The van der Waals surface area contributed by atoms with Crippen molar-refractivity contribution in [3.8, 4) is 0 Å². The van der Waals surface area contributed by atoms with Crippen molar-refractivity contribution < 1.29 is 9.59 Å². The van der Waals surface area contributed by atoms with Crippen molar-refractivity contribution in [1.29, 1.82) is 0 Å². The number of nitrogens with one attached hydrogen (secondary N) is 1. The number of rotatable bonds is 3. The molecule has 0 unspecified atom stereocenters. The van der Waals surface area contributed by atoms with Gasteiger partial charge in [-0.2, -0.15) is 0 Å². The lowest BCUT2D eigenvalue weighted by Gasteiger charge is -2.22. The zero-order valence-corrected chi connectivity index (χ0v) is 13.0. The van der Waals surface area contributed by atoms with Gasteiger partial charge in [0.1, 0.15) is 0 Å². The molecule has 0 saturated heterocycles. The standard InChI is InChI=1S/C17H16N2O2S/c1-2-19(13-6-4-3-5-7-13)17(21)12-8-9-15-14(10-12)18-16(20)11-22-15/h3-10H,2,11H2,1H3,(H,18,20). The summed E-state index contributed by atoms with van der Waals surface area (Å²) < 4.78 is 0. The largest absolute Gasteiger partial charge is 0.324 e. The highest BCUT2D eigenvalue weighted by Gasteiger charge is 2.20. The van der Waals surface area contributed by atoms with Crippen LogP contribution in [0.15, 0.2) is 53.4 Å². The lowest BCUT2D eigenvalue weighted by Crippen LogP contribution is -2.30. The van der Waals surface area contributed by atoms with E-state index >= 15 is 0 Å². The Kier molecular flexibility index (Phi) is 4.15. The van der Waals surface area contributed by atoms with Crippen LogP contribution in [-0.2, 0) is 4.79 Å². The van der Waals surface area contributed by atoms with Gasteiger partial charge in [0, 0.05) is 22.7 Å². The first-order valence-corrected chi connectivity index (χ1v) is 8.11. The van der Waals surface area contributed by atoms with E-state index in [0.29, 0.717) is 17.9 Å². The summed E-state index contributed by atoms with van der Waals surface area (Å²) in [6.07, 6.45) is 0. The fourth-order valence-corrected chi connectivity index (χ4v) is 3.21. The van der Waals surface area contributed by atoms with Crippen molar-refractivity contribution >= 4 is 35.0 Å². The molecule has 1 aliphatic rings. The van der Waals surface area contributed by atoms with E-state index in [1.807, 2.05) is 49.4 Å². The SMILES string of the molecule is CCN(C(=O)c1ccc2c(c1)NC(=O)CS2)c1ccccc1. The zero-order valence-electron chi connectivity index (χ0n) is 12.2. The summed E-state index contributed by atoms with van der Waals surface area (Å²) in [5, 5.41) is 2.82. The molecule has 0 radical (unpaired) electrons. The Morgan fingerprint density at radius 3 is 2.73 bits per heavy atom. The van der Waals surface area contributed by atoms with Crippen molar-refractivity contribution in [3.63, 3.8) is 0 Å². The first-order chi connectivity index (χ1) is 10.7. The normalized spacial score (nSPS) is 13.2. The highest BCUT2D eigenvalue weighted by atomic mass is 32.2. The number of nitrogens with zero attached hydrogens (tertiary/aromatic N) is 1. The van der Waals surface area contributed by atoms with Crippen LogP contribution < -0.4 is 10.2 Å². The summed E-state index contributed by atoms with van der Waals surface area (Å²) in [7, 11) is 0. The van der Waals surface area contributed by atoms with Crippen molar-refractivity contribution in [1.82, 2.24) is 0 Å². The molecular formula is C17H16N2O2S. The highest BCUT2D eigenvalue weighted by Crippen LogP contribution is 2.32. The molecule has 0 spiro atoms. The lowest BCUT2D eigenvalue weighted by molar-refractivity contribution is -0.113. The molecule has 5 heteroatoms. The molecule has 112 valence electrons. The zero-order chi connectivity index (χ0) is 15.5. The highest BCUT2D eigenvalue weighted by molar-refractivity contribution is 8.00. The minimum absolute atomic E-state index is 0.0301. The number of carbonyl (C=O) groups is 2. The summed E-state index contributed by atoms with van der Waals surface area (Å²) in [5.41, 5.74) is 2.16. The Hall–Kier alpha value is -2.27. The van der Waals surface area contributed by atoms with Gasteiger partial charge in [0.25, 0.3) is 5.91 Å². The molecule has 3 rings (SSSR count). The summed E-state index contributed by atoms with van der Waals surface area (Å²) in [6, 6.07) is 15.0. The van der Waals surface area contributed by atoms with Crippen molar-refractivity contribution in [2.75, 3.05) is 22.5 Å². The molecule has 2 aromatic carbocycles. The molecule has 1 N–H and O–H groups in total. The van der Waals surface area contributed by atoms with Gasteiger partial charge in [-0.15, -0.1) is 11.8 Å². The number of anilines is 2. The molecule has 0 aromatic heterocycles. The average molecular weight is 312 g/mol. The van der Waals surface area contributed by atoms with Crippen LogP contribution in [0.25, 0.3) is 0 Å². The van der Waals surface area contributed by atoms with E-state index in [2.05, 4.69) is 5.32 Å². The number of hydrogen-bond donors (Lipinski definition) is 1. The number of benzene rings is 2. The van der Waals surface area contributed by atoms with Crippen molar-refractivity contribution in [3.05, 3.63) is 54.1 Å². The predicted octanol–water partition coefficient (Wildman–Crippen LogP) is 3.40. The summed E-state index contributed by atoms with van der Waals surface area (Å²) in [6.45, 7) is 2.53. The van der Waals surface area contributed by atoms with E-state index in [1.54, 1.807) is 11.0 Å². The maximum absolute atomic E-state index is 12.8. The number of hydrogen-bond acceptors (Lipinski definition) is 3. The lowest BCUT2D eigenvalue weighted by atomic mass is 10.1. The molecular weight excluding hydrogens is 296 g/mol. The fraction of sp³-hybridized carbons (Fsp3) is 0.176. The first-order valence-electron chi connectivity index (χ1n) is 7.12. The molecule has 2 amide bonds. The Bertz CT molecular complexity index is 716. The molecule has 1 heterocycles. The van der Waals surface area contributed by atoms with Gasteiger partial charge in [-0.3, -0.25) is 9.59 Å². The second-order valence-corrected chi connectivity index (χ2v) is 5.95. The van der Waals surface area contributed by atoms with Crippen LogP contribution in [-0.4, -0.2) is 24.1 Å². The van der Waals surface area contributed by atoms with Crippen LogP contribution in [0.4, 0.5) is 11.4 Å². The van der Waals surface area contributed by atoms with Crippen molar-refractivity contribution in [2.45, 2.75) is 11.8 Å². The quantitative estimate of drug-likeness (QED) is 0.945. The minimum atomic E-state index is -0.0682. The van der Waals surface area contributed by atoms with Crippen LogP contribution in [0.3, 0.4) is 0 Å². The van der Waals surface area contributed by atoms with Gasteiger partial charge in [-0.05, 0) is 37.3 Å². The van der Waals surface area contributed by atoms with Crippen LogP contribution in [0.5, 0.6) is 0 Å². The topological polar surface area (TPSA) is 49.4 Å². The van der Waals surface area contributed by atoms with Crippen molar-refractivity contribution in [2.24, 2.45) is 0 Å². The van der Waals surface area contributed by atoms with Gasteiger partial charge >= 0.3 is 0 Å². The monoisotopic (exact) mass is 312 g/mol. The molecule has 4 nitrogen and oxygen atoms in total. The third-order valence-corrected chi connectivity index (χ3v) is 4.56. The van der Waals surface area contributed by atoms with Crippen LogP contribution in [0, 0.1) is 0 Å². The number of amides is 2. The predicted molar refractivity (Wildman–Crippen MR) is 89.6 cm³/mol. The number of carbonyl (C=O) groups excluding carboxylic acids is 2. The fourth-order valence-electron chi connectivity index (χ4n) is 2.42. The van der Waals surface area contributed by atoms with E-state index in [-0.39, 0.29) is 11.8 Å². The second kappa shape index (κ2) is 6.23. The third-order valence-electron chi connectivity index (χ3n) is 3.49. The van der Waals surface area contributed by atoms with Gasteiger partial charge in [0.15, 0.2) is 0 Å². The smallest absolute Gasteiger partial charge is 0.258 e. The summed E-state index contributed by atoms with van der Waals surface area (Å²) >= 11 is 1.49. The summed E-state index contributed by atoms with van der Waals surface area (Å²) in [4.78, 5) is 27.0. The Labute approximate surface area is 133 Å². The van der Waals surface area contributed by atoms with Gasteiger partial charge in [0.2, 0.25) is 5.91 Å². The maximum Gasteiger partial charge on any atom is 0.258 e. The molecule has 0 bridgehead atoms. The molecule has 0 fully saturated rings. The Balaban J connectivity index is 1.91. The van der Waals surface area contributed by atoms with Gasteiger partial charge < -0.3 is 10.2 Å². The van der Waals surface area contributed by atoms with Gasteiger partial charge in [0.05, 0.1) is 11.4 Å². The molecule has 0 atom stereocenters. The minimum Gasteiger partial charge on any atom is -0.324 e. The number of para-hydroxylation sites is 1. The van der Waals surface area contributed by atoms with E-state index in [4.69, 9.17) is 0 Å². The van der Waals surface area contributed by atoms with Crippen LogP contribution in [0.2, 0.25) is 0 Å².